The van der Waals surface area contributed by atoms with Crippen LogP contribution in [0.25, 0.3) is 5.57 Å². The average Bonchev–Trinajstić information content (AvgIpc) is 2.87. The molecule has 0 bridgehead atoms. The molecular formula is C19H12BrCl2F3O. The fourth-order valence-electron chi connectivity index (χ4n) is 3.15. The van der Waals surface area contributed by atoms with Crippen LogP contribution in [-0.2, 0) is 17.6 Å². The third-order valence-electron chi connectivity index (χ3n) is 4.22. The van der Waals surface area contributed by atoms with Gasteiger partial charge in [0, 0.05) is 20.1 Å². The number of alkyl halides is 3. The number of carbonyl (C=O) groups excluding carboxylic acids is 1. The number of benzene rings is 2. The summed E-state index contributed by atoms with van der Waals surface area (Å²) < 4.78 is 40.0. The lowest BCUT2D eigenvalue weighted by molar-refractivity contribution is -0.164. The van der Waals surface area contributed by atoms with Gasteiger partial charge in [-0.1, -0.05) is 50.8 Å². The van der Waals surface area contributed by atoms with Crippen LogP contribution in [0.1, 0.15) is 23.1 Å². The van der Waals surface area contributed by atoms with Gasteiger partial charge in [0.05, 0.1) is 0 Å². The number of allylic oxidation sites excluding steroid dienone is 2. The maximum Gasteiger partial charge on any atom is 0.454 e. The predicted molar refractivity (Wildman–Crippen MR) is 101 cm³/mol. The Morgan fingerprint density at radius 2 is 1.69 bits per heavy atom. The van der Waals surface area contributed by atoms with Crippen molar-refractivity contribution in [1.82, 2.24) is 0 Å². The number of halogens is 6. The van der Waals surface area contributed by atoms with E-state index in [4.69, 9.17) is 23.2 Å². The molecule has 1 nitrogen and oxygen atoms in total. The molecule has 0 saturated heterocycles. The van der Waals surface area contributed by atoms with E-state index in [1.807, 2.05) is 0 Å². The van der Waals surface area contributed by atoms with Crippen molar-refractivity contribution >= 4 is 50.5 Å². The number of rotatable bonds is 4. The second-order valence-corrected chi connectivity index (χ2v) is 7.85. The summed E-state index contributed by atoms with van der Waals surface area (Å²) in [6, 6.07) is 9.98. The topological polar surface area (TPSA) is 17.1 Å². The van der Waals surface area contributed by atoms with Crippen molar-refractivity contribution in [2.45, 2.75) is 25.4 Å². The van der Waals surface area contributed by atoms with E-state index < -0.39 is 12.0 Å². The van der Waals surface area contributed by atoms with Crippen LogP contribution in [0, 0.1) is 0 Å². The highest BCUT2D eigenvalue weighted by atomic mass is 79.9. The van der Waals surface area contributed by atoms with Crippen LogP contribution in [0.3, 0.4) is 0 Å². The van der Waals surface area contributed by atoms with Gasteiger partial charge in [0.1, 0.15) is 0 Å². The third-order valence-corrected chi connectivity index (χ3v) is 5.15. The van der Waals surface area contributed by atoms with Crippen LogP contribution >= 0.6 is 39.1 Å². The first-order chi connectivity index (χ1) is 12.1. The fourth-order valence-corrected chi connectivity index (χ4v) is 4.13. The molecule has 2 aromatic rings. The normalized spacial score (nSPS) is 13.9. The first-order valence-corrected chi connectivity index (χ1v) is 9.27. The largest absolute Gasteiger partial charge is 0.454 e. The molecule has 2 aromatic carbocycles. The van der Waals surface area contributed by atoms with E-state index in [0.29, 0.717) is 46.0 Å². The Labute approximate surface area is 166 Å². The lowest BCUT2D eigenvalue weighted by Crippen LogP contribution is -2.24. The minimum Gasteiger partial charge on any atom is -0.284 e. The first-order valence-electron chi connectivity index (χ1n) is 7.72. The molecule has 0 saturated carbocycles. The smallest absolute Gasteiger partial charge is 0.284 e. The molecule has 1 aliphatic carbocycles. The van der Waals surface area contributed by atoms with Crippen molar-refractivity contribution in [3.05, 3.63) is 73.2 Å². The van der Waals surface area contributed by atoms with E-state index in [2.05, 4.69) is 15.9 Å². The fraction of sp³-hybridized carbons (Fsp3) is 0.211. The standard InChI is InChI=1S/C19H12BrCl2F3O/c20-13-3-4-16-12(8-13)7-11(17(16)18(26)19(23,24)25)2-1-10-5-14(21)9-15(22)6-10/h3-6,8-9H,1-2,7H2. The molecule has 0 aromatic heterocycles. The van der Waals surface area contributed by atoms with Gasteiger partial charge in [-0.3, -0.25) is 4.79 Å². The summed E-state index contributed by atoms with van der Waals surface area (Å²) in [5.41, 5.74) is 2.14. The summed E-state index contributed by atoms with van der Waals surface area (Å²) in [5, 5.41) is 0.929. The summed E-state index contributed by atoms with van der Waals surface area (Å²) >= 11 is 15.3. The Bertz CT molecular complexity index is 899. The molecule has 0 aliphatic heterocycles. The van der Waals surface area contributed by atoms with Gasteiger partial charge in [0.15, 0.2) is 0 Å². The van der Waals surface area contributed by atoms with Crippen molar-refractivity contribution < 1.29 is 18.0 Å². The molecule has 136 valence electrons. The molecular weight excluding hydrogens is 452 g/mol. The number of Topliss-reactive ketones (excluding diaryl/α,β-unsaturated/α-hetero) is 1. The predicted octanol–water partition coefficient (Wildman–Crippen LogP) is 6.83. The minimum absolute atomic E-state index is 0.229. The maximum absolute atomic E-state index is 13.1. The van der Waals surface area contributed by atoms with Gasteiger partial charge in [-0.2, -0.15) is 13.2 Å². The van der Waals surface area contributed by atoms with Gasteiger partial charge in [0.2, 0.25) is 0 Å². The second kappa shape index (κ2) is 7.37. The van der Waals surface area contributed by atoms with Crippen LogP contribution < -0.4 is 0 Å². The molecule has 0 amide bonds. The van der Waals surface area contributed by atoms with Crippen molar-refractivity contribution in [2.75, 3.05) is 0 Å². The highest BCUT2D eigenvalue weighted by Gasteiger charge is 2.44. The number of aryl methyl sites for hydroxylation is 1. The highest BCUT2D eigenvalue weighted by molar-refractivity contribution is 9.10. The van der Waals surface area contributed by atoms with E-state index >= 15 is 0 Å². The number of fused-ring (bicyclic) bond motifs is 1. The Balaban J connectivity index is 1.95. The van der Waals surface area contributed by atoms with Gasteiger partial charge >= 0.3 is 6.18 Å². The summed E-state index contributed by atoms with van der Waals surface area (Å²) in [7, 11) is 0. The molecule has 26 heavy (non-hydrogen) atoms. The summed E-state index contributed by atoms with van der Waals surface area (Å²) in [5.74, 6) is -1.79. The third kappa shape index (κ3) is 4.16. The van der Waals surface area contributed by atoms with Crippen LogP contribution in [0.15, 0.2) is 46.4 Å². The zero-order valence-corrected chi connectivity index (χ0v) is 16.4. The van der Waals surface area contributed by atoms with Gasteiger partial charge < -0.3 is 0 Å². The van der Waals surface area contributed by atoms with Crippen LogP contribution in [0.4, 0.5) is 13.2 Å². The van der Waals surface area contributed by atoms with E-state index in [1.165, 1.54) is 0 Å². The van der Waals surface area contributed by atoms with Crippen molar-refractivity contribution in [3.8, 4) is 0 Å². The zero-order valence-electron chi connectivity index (χ0n) is 13.3. The molecule has 0 fully saturated rings. The lowest BCUT2D eigenvalue weighted by Gasteiger charge is -2.11. The van der Waals surface area contributed by atoms with Crippen molar-refractivity contribution in [3.63, 3.8) is 0 Å². The van der Waals surface area contributed by atoms with Crippen molar-refractivity contribution in [1.29, 1.82) is 0 Å². The SMILES string of the molecule is O=C(C1=C(CCc2cc(Cl)cc(Cl)c2)Cc2cc(Br)ccc21)C(F)(F)F. The molecule has 7 heteroatoms. The van der Waals surface area contributed by atoms with Gasteiger partial charge in [0.25, 0.3) is 5.78 Å². The second-order valence-electron chi connectivity index (χ2n) is 6.06. The maximum atomic E-state index is 13.1. The van der Waals surface area contributed by atoms with Gasteiger partial charge in [-0.05, 0) is 66.3 Å². The number of hydrogen-bond donors (Lipinski definition) is 0. The number of carbonyl (C=O) groups is 1. The molecule has 0 N–H and O–H groups in total. The van der Waals surface area contributed by atoms with E-state index in [-0.39, 0.29) is 5.57 Å². The minimum atomic E-state index is -4.91. The molecule has 0 atom stereocenters. The molecule has 0 radical (unpaired) electrons. The molecule has 3 rings (SSSR count). The average molecular weight is 464 g/mol. The lowest BCUT2D eigenvalue weighted by atomic mass is 9.97. The summed E-state index contributed by atoms with van der Waals surface area (Å²) in [6.07, 6.45) is -3.83. The summed E-state index contributed by atoms with van der Waals surface area (Å²) in [4.78, 5) is 12.0. The quantitative estimate of drug-likeness (QED) is 0.485. The number of ketones is 1. The molecule has 1 aliphatic rings. The van der Waals surface area contributed by atoms with Crippen molar-refractivity contribution in [2.24, 2.45) is 0 Å². The highest BCUT2D eigenvalue weighted by Crippen LogP contribution is 2.40. The first kappa shape index (κ1) is 19.5. The van der Waals surface area contributed by atoms with E-state index in [1.54, 1.807) is 36.4 Å². The van der Waals surface area contributed by atoms with Crippen LogP contribution in [0.2, 0.25) is 10.0 Å². The van der Waals surface area contributed by atoms with Crippen LogP contribution in [0.5, 0.6) is 0 Å². The van der Waals surface area contributed by atoms with E-state index in [9.17, 15) is 18.0 Å². The van der Waals surface area contributed by atoms with Gasteiger partial charge in [-0.25, -0.2) is 0 Å². The Kier molecular flexibility index (Phi) is 5.52. The Morgan fingerprint density at radius 1 is 1.04 bits per heavy atom. The zero-order chi connectivity index (χ0) is 19.1. The number of hydrogen-bond acceptors (Lipinski definition) is 1. The van der Waals surface area contributed by atoms with Gasteiger partial charge in [-0.15, -0.1) is 0 Å². The molecule has 0 heterocycles. The van der Waals surface area contributed by atoms with E-state index in [0.717, 1.165) is 10.0 Å². The molecule has 0 spiro atoms. The summed E-state index contributed by atoms with van der Waals surface area (Å²) in [6.45, 7) is 0. The van der Waals surface area contributed by atoms with Crippen LogP contribution in [-0.4, -0.2) is 12.0 Å². The molecule has 0 unspecified atom stereocenters. The monoisotopic (exact) mass is 462 g/mol. The Morgan fingerprint density at radius 3 is 2.31 bits per heavy atom. The Hall–Kier alpha value is -1.30.